The first kappa shape index (κ1) is 18.0. The average molecular weight is 348 g/mol. The van der Waals surface area contributed by atoms with Crippen LogP contribution in [0.3, 0.4) is 0 Å². The first-order valence-corrected chi connectivity index (χ1v) is 9.03. The number of rotatable bonds is 5. The molecule has 4 heteroatoms. The van der Waals surface area contributed by atoms with Gasteiger partial charge in [0.2, 0.25) is 0 Å². The summed E-state index contributed by atoms with van der Waals surface area (Å²) in [6.07, 6.45) is 3.23. The second-order valence-corrected chi connectivity index (χ2v) is 6.88. The molecule has 1 aliphatic rings. The largest absolute Gasteiger partial charge is 0.497 e. The van der Waals surface area contributed by atoms with Crippen LogP contribution in [0.5, 0.6) is 5.75 Å². The fourth-order valence-electron chi connectivity index (χ4n) is 3.63. The van der Waals surface area contributed by atoms with E-state index in [2.05, 4.69) is 23.1 Å². The van der Waals surface area contributed by atoms with Gasteiger partial charge in [0.1, 0.15) is 5.75 Å². The molecule has 0 atom stereocenters. The van der Waals surface area contributed by atoms with Crippen LogP contribution in [0.2, 0.25) is 0 Å². The van der Waals surface area contributed by atoms with Gasteiger partial charge in [0.05, 0.1) is 18.7 Å². The Hall–Kier alpha value is -2.80. The number of ether oxygens (including phenoxy) is 1. The minimum Gasteiger partial charge on any atom is -0.497 e. The molecule has 1 heterocycles. The molecule has 0 unspecified atom stereocenters. The van der Waals surface area contributed by atoms with E-state index in [-0.39, 0.29) is 5.78 Å². The van der Waals surface area contributed by atoms with Crippen molar-refractivity contribution in [2.45, 2.75) is 26.2 Å². The molecule has 0 bridgehead atoms. The van der Waals surface area contributed by atoms with E-state index in [4.69, 9.17) is 4.74 Å². The van der Waals surface area contributed by atoms with Gasteiger partial charge in [0, 0.05) is 24.3 Å². The fourth-order valence-corrected chi connectivity index (χ4v) is 3.63. The standard InChI is InChI=1S/C22H24N2O2/c1-16(25)21-8-5-19(15-23)14-22(21)24-11-9-18(10-12-24)13-17-3-6-20(26-2)7-4-17/h3-8,14,18H,9-13H2,1-2H3. The fraction of sp³-hybridized carbons (Fsp3) is 0.364. The zero-order valence-corrected chi connectivity index (χ0v) is 15.4. The summed E-state index contributed by atoms with van der Waals surface area (Å²) < 4.78 is 5.21. The van der Waals surface area contributed by atoms with E-state index in [9.17, 15) is 10.1 Å². The van der Waals surface area contributed by atoms with Crippen molar-refractivity contribution in [2.75, 3.05) is 25.1 Å². The van der Waals surface area contributed by atoms with Crippen molar-refractivity contribution < 1.29 is 9.53 Å². The third kappa shape index (κ3) is 4.05. The highest BCUT2D eigenvalue weighted by Gasteiger charge is 2.22. The highest BCUT2D eigenvalue weighted by Crippen LogP contribution is 2.29. The molecular formula is C22H24N2O2. The Kier molecular flexibility index (Phi) is 5.58. The molecule has 0 saturated carbocycles. The summed E-state index contributed by atoms with van der Waals surface area (Å²) in [4.78, 5) is 14.2. The van der Waals surface area contributed by atoms with Gasteiger partial charge >= 0.3 is 0 Å². The summed E-state index contributed by atoms with van der Waals surface area (Å²) in [7, 11) is 1.68. The van der Waals surface area contributed by atoms with Crippen LogP contribution < -0.4 is 9.64 Å². The SMILES string of the molecule is COc1ccc(CC2CCN(c3cc(C#N)ccc3C(C)=O)CC2)cc1. The van der Waals surface area contributed by atoms with Crippen LogP contribution in [-0.2, 0) is 6.42 Å². The van der Waals surface area contributed by atoms with Gasteiger partial charge in [0.15, 0.2) is 5.78 Å². The van der Waals surface area contributed by atoms with Crippen LogP contribution in [0, 0.1) is 17.2 Å². The van der Waals surface area contributed by atoms with Gasteiger partial charge in [-0.1, -0.05) is 12.1 Å². The summed E-state index contributed by atoms with van der Waals surface area (Å²) in [6.45, 7) is 3.41. The number of nitrogens with zero attached hydrogens (tertiary/aromatic N) is 2. The Bertz CT molecular complexity index is 813. The molecule has 26 heavy (non-hydrogen) atoms. The maximum atomic E-state index is 11.9. The molecule has 134 valence electrons. The number of hydrogen-bond acceptors (Lipinski definition) is 4. The lowest BCUT2D eigenvalue weighted by molar-refractivity contribution is 0.101. The van der Waals surface area contributed by atoms with Crippen molar-refractivity contribution in [2.24, 2.45) is 5.92 Å². The summed E-state index contributed by atoms with van der Waals surface area (Å²) in [5.74, 6) is 1.57. The molecule has 4 nitrogen and oxygen atoms in total. The lowest BCUT2D eigenvalue weighted by atomic mass is 9.89. The third-order valence-electron chi connectivity index (χ3n) is 5.14. The van der Waals surface area contributed by atoms with Crippen molar-refractivity contribution >= 4 is 11.5 Å². The minimum atomic E-state index is 0.0462. The van der Waals surface area contributed by atoms with Crippen LogP contribution in [0.4, 0.5) is 5.69 Å². The third-order valence-corrected chi connectivity index (χ3v) is 5.14. The van der Waals surface area contributed by atoms with Crippen molar-refractivity contribution in [1.82, 2.24) is 0 Å². The molecule has 0 radical (unpaired) electrons. The molecule has 1 fully saturated rings. The number of methoxy groups -OCH3 is 1. The molecule has 0 amide bonds. The number of ketones is 1. The van der Waals surface area contributed by atoms with Crippen LogP contribution in [0.25, 0.3) is 0 Å². The maximum absolute atomic E-state index is 11.9. The number of Topliss-reactive ketones (excluding diaryl/α,β-unsaturated/α-hetero) is 1. The Labute approximate surface area is 155 Å². The van der Waals surface area contributed by atoms with Gasteiger partial charge in [-0.3, -0.25) is 4.79 Å². The minimum absolute atomic E-state index is 0.0462. The maximum Gasteiger partial charge on any atom is 0.161 e. The van der Waals surface area contributed by atoms with Crippen LogP contribution in [0.1, 0.15) is 41.3 Å². The number of anilines is 1. The highest BCUT2D eigenvalue weighted by molar-refractivity contribution is 6.00. The monoisotopic (exact) mass is 348 g/mol. The molecule has 1 aliphatic heterocycles. The van der Waals surface area contributed by atoms with Gasteiger partial charge in [0.25, 0.3) is 0 Å². The van der Waals surface area contributed by atoms with Crippen LogP contribution in [0.15, 0.2) is 42.5 Å². The number of carbonyl (C=O) groups excluding carboxylic acids is 1. The molecule has 0 spiro atoms. The molecule has 0 aliphatic carbocycles. The van der Waals surface area contributed by atoms with Gasteiger partial charge in [-0.2, -0.15) is 5.26 Å². The smallest absolute Gasteiger partial charge is 0.161 e. The molecule has 0 aromatic heterocycles. The lowest BCUT2D eigenvalue weighted by Crippen LogP contribution is -2.35. The van der Waals surface area contributed by atoms with E-state index in [1.54, 1.807) is 26.2 Å². The van der Waals surface area contributed by atoms with E-state index < -0.39 is 0 Å². The Balaban J connectivity index is 1.66. The van der Waals surface area contributed by atoms with E-state index >= 15 is 0 Å². The highest BCUT2D eigenvalue weighted by atomic mass is 16.5. The summed E-state index contributed by atoms with van der Waals surface area (Å²) >= 11 is 0. The topological polar surface area (TPSA) is 53.3 Å². The van der Waals surface area contributed by atoms with Crippen molar-refractivity contribution in [1.29, 1.82) is 5.26 Å². The van der Waals surface area contributed by atoms with E-state index in [0.29, 0.717) is 17.0 Å². The number of carbonyl (C=O) groups is 1. The number of hydrogen-bond donors (Lipinski definition) is 0. The predicted octanol–water partition coefficient (Wildman–Crippen LogP) is 4.23. The van der Waals surface area contributed by atoms with Crippen LogP contribution in [-0.4, -0.2) is 26.0 Å². The van der Waals surface area contributed by atoms with Gasteiger partial charge < -0.3 is 9.64 Å². The Morgan fingerprint density at radius 2 is 1.88 bits per heavy atom. The lowest BCUT2D eigenvalue weighted by Gasteiger charge is -2.34. The quantitative estimate of drug-likeness (QED) is 0.759. The van der Waals surface area contributed by atoms with Crippen LogP contribution >= 0.6 is 0 Å². The first-order chi connectivity index (χ1) is 12.6. The second-order valence-electron chi connectivity index (χ2n) is 6.88. The summed E-state index contributed by atoms with van der Waals surface area (Å²) in [5.41, 5.74) is 3.54. The van der Waals surface area contributed by atoms with Crippen molar-refractivity contribution in [3.05, 3.63) is 59.2 Å². The zero-order chi connectivity index (χ0) is 18.5. The number of piperidine rings is 1. The first-order valence-electron chi connectivity index (χ1n) is 9.03. The normalized spacial score (nSPS) is 14.7. The molecule has 0 N–H and O–H groups in total. The number of nitriles is 1. The van der Waals surface area contributed by atoms with E-state index in [1.807, 2.05) is 18.2 Å². The van der Waals surface area contributed by atoms with E-state index in [0.717, 1.165) is 43.8 Å². The van der Waals surface area contributed by atoms with Gasteiger partial charge in [-0.15, -0.1) is 0 Å². The summed E-state index contributed by atoms with van der Waals surface area (Å²) in [5, 5.41) is 9.17. The van der Waals surface area contributed by atoms with Crippen molar-refractivity contribution in [3.63, 3.8) is 0 Å². The Morgan fingerprint density at radius 3 is 2.46 bits per heavy atom. The molecule has 1 saturated heterocycles. The Morgan fingerprint density at radius 1 is 1.19 bits per heavy atom. The van der Waals surface area contributed by atoms with Crippen molar-refractivity contribution in [3.8, 4) is 11.8 Å². The van der Waals surface area contributed by atoms with Gasteiger partial charge in [-0.25, -0.2) is 0 Å². The molecule has 2 aromatic rings. The average Bonchev–Trinajstić information content (AvgIpc) is 2.68. The molecule has 2 aromatic carbocycles. The summed E-state index contributed by atoms with van der Waals surface area (Å²) in [6, 6.07) is 15.8. The van der Waals surface area contributed by atoms with E-state index in [1.165, 1.54) is 5.56 Å². The number of benzene rings is 2. The molecular weight excluding hydrogens is 324 g/mol. The zero-order valence-electron chi connectivity index (χ0n) is 15.4. The van der Waals surface area contributed by atoms with Gasteiger partial charge in [-0.05, 0) is 68.0 Å². The molecule has 3 rings (SSSR count). The predicted molar refractivity (Wildman–Crippen MR) is 103 cm³/mol. The second kappa shape index (κ2) is 8.05.